The number of aromatic nitrogens is 1. The molecule has 0 amide bonds. The van der Waals surface area contributed by atoms with Crippen LogP contribution >= 0.6 is 23.1 Å². The van der Waals surface area contributed by atoms with Crippen molar-refractivity contribution >= 4 is 28.2 Å². The molecule has 60 valence electrons. The molecule has 0 spiro atoms. The number of thiazole rings is 1. The van der Waals surface area contributed by atoms with Crippen molar-refractivity contribution in [2.45, 2.75) is 11.1 Å². The second-order valence-corrected chi connectivity index (χ2v) is 4.60. The minimum Gasteiger partial charge on any atom is -0.375 e. The van der Waals surface area contributed by atoms with E-state index in [0.29, 0.717) is 5.13 Å². The molecule has 0 bridgehead atoms. The maximum absolute atomic E-state index is 5.46. The molecule has 0 radical (unpaired) electrons. The smallest absolute Gasteiger partial charge is 0.181 e. The van der Waals surface area contributed by atoms with E-state index in [1.165, 1.54) is 16.9 Å². The Hall–Kier alpha value is -0.480. The number of rotatable bonds is 3. The number of anilines is 1. The van der Waals surface area contributed by atoms with Gasteiger partial charge in [0, 0.05) is 5.75 Å². The SMILES string of the molecule is C=C(C)CSc1cnc(N)s1. The molecule has 0 aliphatic heterocycles. The number of nitrogens with zero attached hydrogens (tertiary/aromatic N) is 1. The van der Waals surface area contributed by atoms with Crippen molar-refractivity contribution in [2.24, 2.45) is 0 Å². The fraction of sp³-hybridized carbons (Fsp3) is 0.286. The minimum absolute atomic E-state index is 0.634. The van der Waals surface area contributed by atoms with Gasteiger partial charge in [-0.3, -0.25) is 0 Å². The summed E-state index contributed by atoms with van der Waals surface area (Å²) in [5, 5.41) is 0.634. The molecule has 2 N–H and O–H groups in total. The number of nitrogens with two attached hydrogens (primary N) is 1. The third kappa shape index (κ3) is 2.95. The molecule has 1 aromatic rings. The third-order valence-corrected chi connectivity index (χ3v) is 3.21. The van der Waals surface area contributed by atoms with Gasteiger partial charge < -0.3 is 5.73 Å². The van der Waals surface area contributed by atoms with Crippen LogP contribution in [0.3, 0.4) is 0 Å². The maximum Gasteiger partial charge on any atom is 0.181 e. The Morgan fingerprint density at radius 2 is 2.64 bits per heavy atom. The highest BCUT2D eigenvalue weighted by molar-refractivity contribution is 8.01. The van der Waals surface area contributed by atoms with Crippen LogP contribution in [-0.4, -0.2) is 10.7 Å². The van der Waals surface area contributed by atoms with Gasteiger partial charge in [-0.1, -0.05) is 23.5 Å². The third-order valence-electron chi connectivity index (χ3n) is 0.963. The van der Waals surface area contributed by atoms with Gasteiger partial charge in [0.05, 0.1) is 10.4 Å². The Morgan fingerprint density at radius 1 is 1.91 bits per heavy atom. The van der Waals surface area contributed by atoms with E-state index in [1.807, 2.05) is 6.92 Å². The topological polar surface area (TPSA) is 38.9 Å². The van der Waals surface area contributed by atoms with Crippen LogP contribution in [0.25, 0.3) is 0 Å². The molecule has 0 aliphatic rings. The second-order valence-electron chi connectivity index (χ2n) is 2.26. The standard InChI is InChI=1S/C7H10N2S2/c1-5(2)4-10-6-3-9-7(8)11-6/h3H,1,4H2,2H3,(H2,8,9). The largest absolute Gasteiger partial charge is 0.375 e. The fourth-order valence-corrected chi connectivity index (χ4v) is 2.13. The Labute approximate surface area is 74.5 Å². The van der Waals surface area contributed by atoms with Gasteiger partial charge in [-0.25, -0.2) is 4.98 Å². The molecule has 1 aromatic heterocycles. The number of hydrogen-bond acceptors (Lipinski definition) is 4. The quantitative estimate of drug-likeness (QED) is 0.582. The van der Waals surface area contributed by atoms with Crippen LogP contribution in [0, 0.1) is 0 Å². The first-order chi connectivity index (χ1) is 5.18. The molecule has 1 rings (SSSR count). The van der Waals surface area contributed by atoms with Crippen LogP contribution in [0.1, 0.15) is 6.92 Å². The molecule has 2 nitrogen and oxygen atoms in total. The highest BCUT2D eigenvalue weighted by atomic mass is 32.2. The van der Waals surface area contributed by atoms with Gasteiger partial charge in [0.15, 0.2) is 5.13 Å². The zero-order chi connectivity index (χ0) is 8.27. The van der Waals surface area contributed by atoms with Crippen molar-refractivity contribution in [3.8, 4) is 0 Å². The normalized spacial score (nSPS) is 9.91. The van der Waals surface area contributed by atoms with Crippen LogP contribution in [0.4, 0.5) is 5.13 Å². The van der Waals surface area contributed by atoms with Gasteiger partial charge in [0.1, 0.15) is 0 Å². The molecular formula is C7H10N2S2. The molecule has 1 heterocycles. The summed E-state index contributed by atoms with van der Waals surface area (Å²) in [5.74, 6) is 0.946. The number of nitrogen functional groups attached to an aromatic ring is 1. The van der Waals surface area contributed by atoms with Crippen LogP contribution in [0.2, 0.25) is 0 Å². The lowest BCUT2D eigenvalue weighted by Crippen LogP contribution is -1.77. The van der Waals surface area contributed by atoms with E-state index >= 15 is 0 Å². The van der Waals surface area contributed by atoms with Crippen molar-refractivity contribution in [3.63, 3.8) is 0 Å². The Kier molecular flexibility index (Phi) is 2.96. The van der Waals surface area contributed by atoms with E-state index in [1.54, 1.807) is 18.0 Å². The monoisotopic (exact) mass is 186 g/mol. The zero-order valence-electron chi connectivity index (χ0n) is 6.33. The van der Waals surface area contributed by atoms with Crippen LogP contribution < -0.4 is 5.73 Å². The zero-order valence-corrected chi connectivity index (χ0v) is 7.97. The molecule has 0 saturated heterocycles. The van der Waals surface area contributed by atoms with Gasteiger partial charge >= 0.3 is 0 Å². The van der Waals surface area contributed by atoms with Crippen molar-refractivity contribution in [2.75, 3.05) is 11.5 Å². The summed E-state index contributed by atoms with van der Waals surface area (Å²) in [7, 11) is 0. The van der Waals surface area contributed by atoms with E-state index in [4.69, 9.17) is 5.73 Å². The lowest BCUT2D eigenvalue weighted by atomic mass is 10.4. The highest BCUT2D eigenvalue weighted by Gasteiger charge is 1.97. The molecule has 0 atom stereocenters. The van der Waals surface area contributed by atoms with E-state index in [-0.39, 0.29) is 0 Å². The summed E-state index contributed by atoms with van der Waals surface area (Å²) >= 11 is 3.24. The van der Waals surface area contributed by atoms with Crippen LogP contribution in [0.5, 0.6) is 0 Å². The molecule has 0 unspecified atom stereocenters. The summed E-state index contributed by atoms with van der Waals surface area (Å²) in [4.78, 5) is 3.94. The second kappa shape index (κ2) is 3.78. The first kappa shape index (κ1) is 8.62. The van der Waals surface area contributed by atoms with Crippen LogP contribution in [0.15, 0.2) is 22.6 Å². The number of hydrogen-bond donors (Lipinski definition) is 1. The molecule has 0 aromatic carbocycles. The maximum atomic E-state index is 5.46. The summed E-state index contributed by atoms with van der Waals surface area (Å²) in [6.07, 6.45) is 1.80. The van der Waals surface area contributed by atoms with Crippen molar-refractivity contribution < 1.29 is 0 Å². The molecule has 0 saturated carbocycles. The van der Waals surface area contributed by atoms with Crippen LogP contribution in [-0.2, 0) is 0 Å². The predicted octanol–water partition coefficient (Wildman–Crippen LogP) is 2.39. The molecule has 4 heteroatoms. The van der Waals surface area contributed by atoms with Gasteiger partial charge in [-0.2, -0.15) is 0 Å². The molecule has 11 heavy (non-hydrogen) atoms. The van der Waals surface area contributed by atoms with Crippen molar-refractivity contribution in [3.05, 3.63) is 18.3 Å². The van der Waals surface area contributed by atoms with Crippen molar-refractivity contribution in [1.82, 2.24) is 4.98 Å². The number of thioether (sulfide) groups is 1. The lowest BCUT2D eigenvalue weighted by molar-refractivity contribution is 1.37. The molecule has 0 fully saturated rings. The van der Waals surface area contributed by atoms with Gasteiger partial charge in [-0.15, -0.1) is 11.8 Å². The summed E-state index contributed by atoms with van der Waals surface area (Å²) in [5.41, 5.74) is 6.63. The molecular weight excluding hydrogens is 176 g/mol. The minimum atomic E-state index is 0.634. The van der Waals surface area contributed by atoms with E-state index in [9.17, 15) is 0 Å². The van der Waals surface area contributed by atoms with E-state index in [0.717, 1.165) is 9.96 Å². The van der Waals surface area contributed by atoms with Gasteiger partial charge in [-0.05, 0) is 6.92 Å². The first-order valence-electron chi connectivity index (χ1n) is 3.17. The first-order valence-corrected chi connectivity index (χ1v) is 4.97. The van der Waals surface area contributed by atoms with Gasteiger partial charge in [0.25, 0.3) is 0 Å². The van der Waals surface area contributed by atoms with E-state index in [2.05, 4.69) is 11.6 Å². The average molecular weight is 186 g/mol. The summed E-state index contributed by atoms with van der Waals surface area (Å²) in [6.45, 7) is 5.82. The predicted molar refractivity (Wildman–Crippen MR) is 52.1 cm³/mol. The van der Waals surface area contributed by atoms with E-state index < -0.39 is 0 Å². The Balaban J connectivity index is 2.45. The molecule has 0 aliphatic carbocycles. The lowest BCUT2D eigenvalue weighted by Gasteiger charge is -1.93. The Morgan fingerprint density at radius 3 is 3.09 bits per heavy atom. The summed E-state index contributed by atoms with van der Waals surface area (Å²) < 4.78 is 1.16. The van der Waals surface area contributed by atoms with Crippen molar-refractivity contribution in [1.29, 1.82) is 0 Å². The fourth-order valence-electron chi connectivity index (χ4n) is 0.533. The Bertz CT molecular complexity index is 255. The van der Waals surface area contributed by atoms with Gasteiger partial charge in [0.2, 0.25) is 0 Å². The average Bonchev–Trinajstić information content (AvgIpc) is 2.31. The highest BCUT2D eigenvalue weighted by Crippen LogP contribution is 2.27. The summed E-state index contributed by atoms with van der Waals surface area (Å²) in [6, 6.07) is 0.